The molecule has 2 aromatic rings. The lowest BCUT2D eigenvalue weighted by Gasteiger charge is -2.30. The van der Waals surface area contributed by atoms with Gasteiger partial charge in [0.15, 0.2) is 0 Å². The fourth-order valence-electron chi connectivity index (χ4n) is 2.87. The Labute approximate surface area is 166 Å². The Morgan fingerprint density at radius 3 is 2.88 bits per heavy atom. The normalized spacial score (nSPS) is 18.8. The van der Waals surface area contributed by atoms with Gasteiger partial charge in [0.05, 0.1) is 0 Å². The highest BCUT2D eigenvalue weighted by molar-refractivity contribution is 5.94. The first-order valence-corrected chi connectivity index (χ1v) is 8.38. The molecule has 1 aromatic heterocycles. The number of carbonyl (C=O) groups excluding carboxylic acids is 1. The fraction of sp³-hybridized carbons (Fsp3) is 0.368. The van der Waals surface area contributed by atoms with Crippen molar-refractivity contribution in [3.63, 3.8) is 0 Å². The molecule has 0 saturated carbocycles. The summed E-state index contributed by atoms with van der Waals surface area (Å²) in [6.45, 7) is 3.56. The van der Waals surface area contributed by atoms with Gasteiger partial charge < -0.3 is 15.4 Å². The van der Waals surface area contributed by atoms with E-state index in [0.29, 0.717) is 24.0 Å². The van der Waals surface area contributed by atoms with E-state index in [1.165, 1.54) is 0 Å². The Hall–Kier alpha value is -1.82. The molecule has 5 nitrogen and oxygen atoms in total. The summed E-state index contributed by atoms with van der Waals surface area (Å²) in [7, 11) is 0. The number of nitrogens with zero attached hydrogens (tertiary/aromatic N) is 1. The van der Waals surface area contributed by atoms with Gasteiger partial charge in [0.25, 0.3) is 5.91 Å². The number of carbonyl (C=O) groups is 1. The number of hydrogen-bond donors (Lipinski definition) is 2. The second-order valence-corrected chi connectivity index (χ2v) is 6.14. The molecule has 2 N–H and O–H groups in total. The highest BCUT2D eigenvalue weighted by Crippen LogP contribution is 2.16. The Bertz CT molecular complexity index is 685. The Morgan fingerprint density at radius 1 is 1.31 bits per heavy atom. The Kier molecular flexibility index (Phi) is 9.41. The van der Waals surface area contributed by atoms with Crippen LogP contribution in [-0.2, 0) is 6.61 Å². The van der Waals surface area contributed by atoms with Crippen molar-refractivity contribution in [2.75, 3.05) is 6.54 Å². The first kappa shape index (κ1) is 22.2. The van der Waals surface area contributed by atoms with Crippen molar-refractivity contribution in [3.8, 4) is 5.75 Å². The number of rotatable bonds is 5. The molecule has 1 fully saturated rings. The highest BCUT2D eigenvalue weighted by Gasteiger charge is 2.22. The Balaban J connectivity index is 0.00000169. The molecular weight excluding hydrogens is 373 g/mol. The van der Waals surface area contributed by atoms with E-state index in [1.807, 2.05) is 30.3 Å². The van der Waals surface area contributed by atoms with Crippen LogP contribution < -0.4 is 15.4 Å². The van der Waals surface area contributed by atoms with Gasteiger partial charge in [-0.2, -0.15) is 0 Å². The lowest BCUT2D eigenvalue weighted by molar-refractivity contribution is 0.0919. The summed E-state index contributed by atoms with van der Waals surface area (Å²) in [6, 6.07) is 11.6. The third-order valence-electron chi connectivity index (χ3n) is 4.30. The van der Waals surface area contributed by atoms with E-state index >= 15 is 0 Å². The molecule has 0 aliphatic carbocycles. The molecule has 7 heteroatoms. The predicted molar refractivity (Wildman–Crippen MR) is 107 cm³/mol. The molecule has 1 amide bonds. The van der Waals surface area contributed by atoms with Gasteiger partial charge in [-0.15, -0.1) is 24.8 Å². The maximum absolute atomic E-state index is 12.5. The van der Waals surface area contributed by atoms with Crippen LogP contribution in [0.2, 0.25) is 0 Å². The lowest BCUT2D eigenvalue weighted by Crippen LogP contribution is -2.51. The van der Waals surface area contributed by atoms with E-state index in [1.54, 1.807) is 18.5 Å². The zero-order chi connectivity index (χ0) is 16.8. The summed E-state index contributed by atoms with van der Waals surface area (Å²) >= 11 is 0. The topological polar surface area (TPSA) is 63.2 Å². The van der Waals surface area contributed by atoms with Gasteiger partial charge in [0.1, 0.15) is 12.4 Å². The largest absolute Gasteiger partial charge is 0.489 e. The number of pyridine rings is 1. The van der Waals surface area contributed by atoms with Crippen molar-refractivity contribution in [1.29, 1.82) is 0 Å². The van der Waals surface area contributed by atoms with Crippen molar-refractivity contribution in [3.05, 3.63) is 59.9 Å². The predicted octanol–water partition coefficient (Wildman–Crippen LogP) is 3.37. The maximum atomic E-state index is 12.5. The molecular formula is C19H25Cl2N3O2. The van der Waals surface area contributed by atoms with Crippen LogP contribution >= 0.6 is 24.8 Å². The number of hydrogen-bond acceptors (Lipinski definition) is 4. The number of amides is 1. The number of nitrogens with one attached hydrogen (secondary N) is 2. The van der Waals surface area contributed by atoms with Gasteiger partial charge in [-0.05, 0) is 50.6 Å². The molecule has 0 radical (unpaired) electrons. The summed E-state index contributed by atoms with van der Waals surface area (Å²) < 4.78 is 5.76. The van der Waals surface area contributed by atoms with E-state index in [0.717, 1.165) is 24.9 Å². The molecule has 2 atom stereocenters. The molecule has 26 heavy (non-hydrogen) atoms. The van der Waals surface area contributed by atoms with Crippen molar-refractivity contribution < 1.29 is 9.53 Å². The number of aromatic nitrogens is 1. The minimum atomic E-state index is -0.0534. The monoisotopic (exact) mass is 397 g/mol. The fourth-order valence-corrected chi connectivity index (χ4v) is 2.87. The smallest absolute Gasteiger partial charge is 0.251 e. The number of halogens is 2. The number of ether oxygens (including phenoxy) is 1. The average molecular weight is 398 g/mol. The molecule has 3 rings (SSSR count). The van der Waals surface area contributed by atoms with Gasteiger partial charge >= 0.3 is 0 Å². The van der Waals surface area contributed by atoms with Gasteiger partial charge in [-0.25, -0.2) is 0 Å². The Morgan fingerprint density at radius 2 is 2.15 bits per heavy atom. The summed E-state index contributed by atoms with van der Waals surface area (Å²) in [5.74, 6) is 0.628. The summed E-state index contributed by atoms with van der Waals surface area (Å²) in [4.78, 5) is 16.5. The molecule has 1 aliphatic rings. The molecule has 142 valence electrons. The van der Waals surface area contributed by atoms with Crippen LogP contribution in [0.15, 0.2) is 48.8 Å². The van der Waals surface area contributed by atoms with Crippen LogP contribution in [0.1, 0.15) is 35.7 Å². The van der Waals surface area contributed by atoms with Crippen molar-refractivity contribution >= 4 is 30.7 Å². The third kappa shape index (κ3) is 6.16. The van der Waals surface area contributed by atoms with Crippen LogP contribution in [0.4, 0.5) is 0 Å². The van der Waals surface area contributed by atoms with Crippen LogP contribution in [0.25, 0.3) is 0 Å². The second kappa shape index (κ2) is 11.0. The summed E-state index contributed by atoms with van der Waals surface area (Å²) in [5.41, 5.74) is 1.62. The highest BCUT2D eigenvalue weighted by atomic mass is 35.5. The van der Waals surface area contributed by atoms with Crippen LogP contribution in [0, 0.1) is 0 Å². The van der Waals surface area contributed by atoms with Gasteiger partial charge in [-0.1, -0.05) is 12.1 Å². The standard InChI is InChI=1S/C19H23N3O2.2ClH/c1-14-18(8-4-10-21-14)22-19(23)16-6-2-7-17(11-16)24-13-15-5-3-9-20-12-15;;/h2-3,5-7,9,11-12,14,18,21H,4,8,10,13H2,1H3,(H,22,23);2*1H. The molecule has 2 heterocycles. The molecule has 0 bridgehead atoms. The minimum absolute atomic E-state index is 0. The zero-order valence-electron chi connectivity index (χ0n) is 14.7. The SMILES string of the molecule is CC1NCCCC1NC(=O)c1cccc(OCc2cccnc2)c1.Cl.Cl. The minimum Gasteiger partial charge on any atom is -0.489 e. The van der Waals surface area contributed by atoms with Gasteiger partial charge in [-0.3, -0.25) is 9.78 Å². The third-order valence-corrected chi connectivity index (χ3v) is 4.30. The number of piperidine rings is 1. The second-order valence-electron chi connectivity index (χ2n) is 6.14. The summed E-state index contributed by atoms with van der Waals surface area (Å²) in [5, 5.41) is 6.51. The maximum Gasteiger partial charge on any atom is 0.251 e. The van der Waals surface area contributed by atoms with Crippen molar-refractivity contribution in [2.24, 2.45) is 0 Å². The first-order valence-electron chi connectivity index (χ1n) is 8.38. The molecule has 1 saturated heterocycles. The number of benzene rings is 1. The van der Waals surface area contributed by atoms with E-state index in [-0.39, 0.29) is 36.8 Å². The van der Waals surface area contributed by atoms with E-state index in [9.17, 15) is 4.79 Å². The molecule has 2 unspecified atom stereocenters. The van der Waals surface area contributed by atoms with E-state index in [2.05, 4.69) is 22.5 Å². The first-order chi connectivity index (χ1) is 11.7. The van der Waals surface area contributed by atoms with Gasteiger partial charge in [0, 0.05) is 35.6 Å². The van der Waals surface area contributed by atoms with Crippen LogP contribution in [0.5, 0.6) is 5.75 Å². The van der Waals surface area contributed by atoms with Crippen LogP contribution in [0.3, 0.4) is 0 Å². The summed E-state index contributed by atoms with van der Waals surface area (Å²) in [6.07, 6.45) is 5.60. The quantitative estimate of drug-likeness (QED) is 0.811. The molecule has 0 spiro atoms. The molecule has 1 aliphatic heterocycles. The zero-order valence-corrected chi connectivity index (χ0v) is 16.3. The average Bonchev–Trinajstić information content (AvgIpc) is 2.63. The van der Waals surface area contributed by atoms with Crippen LogP contribution in [-0.4, -0.2) is 29.5 Å². The molecule has 1 aromatic carbocycles. The van der Waals surface area contributed by atoms with Crippen molar-refractivity contribution in [1.82, 2.24) is 15.6 Å². The van der Waals surface area contributed by atoms with Gasteiger partial charge in [0.2, 0.25) is 0 Å². The van der Waals surface area contributed by atoms with E-state index < -0.39 is 0 Å². The lowest BCUT2D eigenvalue weighted by atomic mass is 9.99. The van der Waals surface area contributed by atoms with Crippen molar-refractivity contribution in [2.45, 2.75) is 38.5 Å². The van der Waals surface area contributed by atoms with E-state index in [4.69, 9.17) is 4.74 Å².